The minimum absolute atomic E-state index is 0.0983. The Bertz CT molecular complexity index is 754. The summed E-state index contributed by atoms with van der Waals surface area (Å²) >= 11 is 5.92. The number of phenolic OH excluding ortho intramolecular Hbond substituents is 1. The molecule has 1 fully saturated rings. The molecule has 0 unspecified atom stereocenters. The fourth-order valence-corrected chi connectivity index (χ4v) is 3.53. The number of aliphatic hydroxyl groups is 1. The average molecular weight is 375 g/mol. The molecule has 2 aromatic carbocycles. The highest BCUT2D eigenvalue weighted by molar-refractivity contribution is 6.30. The molecule has 1 aliphatic rings. The van der Waals surface area contributed by atoms with Crippen LogP contribution in [0.5, 0.6) is 5.75 Å². The maximum atomic E-state index is 12.2. The number of piperidine rings is 1. The SMILES string of the molecule is CC(=O)N(c1ccc(O)cc1)N1CCC(O)(Cc2ccc(Cl)cc2)CC1. The van der Waals surface area contributed by atoms with Crippen LogP contribution in [-0.2, 0) is 11.2 Å². The summed E-state index contributed by atoms with van der Waals surface area (Å²) in [5, 5.41) is 24.6. The first kappa shape index (κ1) is 18.7. The monoisotopic (exact) mass is 374 g/mol. The van der Waals surface area contributed by atoms with Gasteiger partial charge in [0.05, 0.1) is 11.3 Å². The zero-order valence-corrected chi connectivity index (χ0v) is 15.5. The lowest BCUT2D eigenvalue weighted by atomic mass is 9.86. The molecular weight excluding hydrogens is 352 g/mol. The van der Waals surface area contributed by atoms with Gasteiger partial charge < -0.3 is 10.2 Å². The summed E-state index contributed by atoms with van der Waals surface area (Å²) < 4.78 is 0. The summed E-state index contributed by atoms with van der Waals surface area (Å²) in [4.78, 5) is 12.2. The summed E-state index contributed by atoms with van der Waals surface area (Å²) in [7, 11) is 0. The standard InChI is InChI=1S/C20H23ClN2O3/c1-15(24)23(18-6-8-19(25)9-7-18)22-12-10-20(26,11-13-22)14-16-2-4-17(21)5-3-16/h2-9,25-26H,10-14H2,1H3. The molecule has 0 spiro atoms. The number of benzene rings is 2. The molecular formula is C20H23ClN2O3. The van der Waals surface area contributed by atoms with Crippen molar-refractivity contribution in [3.8, 4) is 5.75 Å². The van der Waals surface area contributed by atoms with Gasteiger partial charge >= 0.3 is 0 Å². The van der Waals surface area contributed by atoms with Crippen molar-refractivity contribution in [2.75, 3.05) is 18.1 Å². The Morgan fingerprint density at radius 3 is 2.23 bits per heavy atom. The van der Waals surface area contributed by atoms with Crippen molar-refractivity contribution in [2.45, 2.75) is 31.8 Å². The smallest absolute Gasteiger partial charge is 0.238 e. The molecule has 26 heavy (non-hydrogen) atoms. The van der Waals surface area contributed by atoms with Crippen LogP contribution >= 0.6 is 11.6 Å². The topological polar surface area (TPSA) is 64.0 Å². The van der Waals surface area contributed by atoms with Gasteiger partial charge in [-0.05, 0) is 54.8 Å². The molecule has 138 valence electrons. The van der Waals surface area contributed by atoms with Gasteiger partial charge in [-0.1, -0.05) is 23.7 Å². The maximum Gasteiger partial charge on any atom is 0.238 e. The number of nitrogens with zero attached hydrogens (tertiary/aromatic N) is 2. The van der Waals surface area contributed by atoms with Gasteiger partial charge in [0, 0.05) is 31.5 Å². The van der Waals surface area contributed by atoms with E-state index in [0.29, 0.717) is 43.1 Å². The van der Waals surface area contributed by atoms with E-state index in [9.17, 15) is 15.0 Å². The Morgan fingerprint density at radius 1 is 1.12 bits per heavy atom. The first-order valence-corrected chi connectivity index (χ1v) is 9.05. The number of amides is 1. The first-order chi connectivity index (χ1) is 12.4. The zero-order chi connectivity index (χ0) is 18.7. The van der Waals surface area contributed by atoms with Crippen LogP contribution in [0.4, 0.5) is 5.69 Å². The number of aromatic hydroxyl groups is 1. The van der Waals surface area contributed by atoms with Crippen molar-refractivity contribution < 1.29 is 15.0 Å². The summed E-state index contributed by atoms with van der Waals surface area (Å²) in [5.74, 6) is 0.0621. The molecule has 3 rings (SSSR count). The largest absolute Gasteiger partial charge is 0.508 e. The Labute approximate surface area is 158 Å². The number of carbonyl (C=O) groups is 1. The van der Waals surface area contributed by atoms with E-state index in [2.05, 4.69) is 0 Å². The summed E-state index contributed by atoms with van der Waals surface area (Å²) in [5.41, 5.74) is 0.965. The van der Waals surface area contributed by atoms with Crippen LogP contribution in [0.15, 0.2) is 48.5 Å². The third-order valence-electron chi connectivity index (χ3n) is 4.79. The van der Waals surface area contributed by atoms with Crippen LogP contribution in [0.3, 0.4) is 0 Å². The molecule has 0 bridgehead atoms. The van der Waals surface area contributed by atoms with Crippen molar-refractivity contribution >= 4 is 23.2 Å². The predicted molar refractivity (Wildman–Crippen MR) is 102 cm³/mol. The lowest BCUT2D eigenvalue weighted by Crippen LogP contribution is -2.54. The number of hydrogen-bond acceptors (Lipinski definition) is 4. The molecule has 5 nitrogen and oxygen atoms in total. The van der Waals surface area contributed by atoms with Gasteiger partial charge in [0.1, 0.15) is 5.75 Å². The van der Waals surface area contributed by atoms with E-state index in [1.54, 1.807) is 29.3 Å². The Balaban J connectivity index is 1.68. The molecule has 1 aliphatic heterocycles. The second-order valence-corrected chi connectivity index (χ2v) is 7.26. The van der Waals surface area contributed by atoms with E-state index in [4.69, 9.17) is 11.6 Å². The van der Waals surface area contributed by atoms with Gasteiger partial charge in [0.15, 0.2) is 0 Å². The number of hydrogen-bond donors (Lipinski definition) is 2. The highest BCUT2D eigenvalue weighted by Gasteiger charge is 2.35. The van der Waals surface area contributed by atoms with Gasteiger partial charge in [0.25, 0.3) is 0 Å². The molecule has 0 aliphatic carbocycles. The zero-order valence-electron chi connectivity index (χ0n) is 14.7. The molecule has 0 aromatic heterocycles. The van der Waals surface area contributed by atoms with Gasteiger partial charge in [-0.25, -0.2) is 10.0 Å². The number of carbonyl (C=O) groups excluding carboxylic acids is 1. The molecule has 2 aromatic rings. The van der Waals surface area contributed by atoms with Crippen LogP contribution < -0.4 is 5.01 Å². The number of rotatable bonds is 4. The third kappa shape index (κ3) is 4.36. The number of phenols is 1. The highest BCUT2D eigenvalue weighted by atomic mass is 35.5. The van der Waals surface area contributed by atoms with Gasteiger partial charge in [-0.2, -0.15) is 0 Å². The number of halogens is 1. The summed E-state index contributed by atoms with van der Waals surface area (Å²) in [6.45, 7) is 2.66. The van der Waals surface area contributed by atoms with Crippen LogP contribution in [0.2, 0.25) is 5.02 Å². The lowest BCUT2D eigenvalue weighted by molar-refractivity contribution is -0.121. The van der Waals surface area contributed by atoms with Gasteiger partial charge in [0.2, 0.25) is 5.91 Å². The highest BCUT2D eigenvalue weighted by Crippen LogP contribution is 2.30. The molecule has 1 amide bonds. The van der Waals surface area contributed by atoms with Crippen LogP contribution in [-0.4, -0.2) is 39.8 Å². The van der Waals surface area contributed by atoms with E-state index in [1.807, 2.05) is 29.3 Å². The van der Waals surface area contributed by atoms with Gasteiger partial charge in [-0.15, -0.1) is 0 Å². The van der Waals surface area contributed by atoms with Crippen molar-refractivity contribution in [1.82, 2.24) is 5.01 Å². The Kier molecular flexibility index (Phi) is 5.51. The van der Waals surface area contributed by atoms with E-state index >= 15 is 0 Å². The fourth-order valence-electron chi connectivity index (χ4n) is 3.41. The molecule has 6 heteroatoms. The van der Waals surface area contributed by atoms with Crippen LogP contribution in [0.1, 0.15) is 25.3 Å². The van der Waals surface area contributed by atoms with Gasteiger partial charge in [-0.3, -0.25) is 4.79 Å². The Morgan fingerprint density at radius 2 is 1.69 bits per heavy atom. The Hall–Kier alpha value is -2.08. The number of hydrazine groups is 1. The van der Waals surface area contributed by atoms with E-state index in [-0.39, 0.29) is 11.7 Å². The van der Waals surface area contributed by atoms with Crippen LogP contribution in [0, 0.1) is 0 Å². The van der Waals surface area contributed by atoms with Crippen LogP contribution in [0.25, 0.3) is 0 Å². The predicted octanol–water partition coefficient (Wildman–Crippen LogP) is 3.38. The maximum absolute atomic E-state index is 12.2. The second kappa shape index (κ2) is 7.66. The van der Waals surface area contributed by atoms with Crippen molar-refractivity contribution in [3.63, 3.8) is 0 Å². The lowest BCUT2D eigenvalue weighted by Gasteiger charge is -2.43. The molecule has 2 N–H and O–H groups in total. The van der Waals surface area contributed by atoms with Crippen molar-refractivity contribution in [2.24, 2.45) is 0 Å². The van der Waals surface area contributed by atoms with Crippen molar-refractivity contribution in [1.29, 1.82) is 0 Å². The molecule has 1 heterocycles. The van der Waals surface area contributed by atoms with Crippen molar-refractivity contribution in [3.05, 3.63) is 59.1 Å². The van der Waals surface area contributed by atoms with E-state index in [0.717, 1.165) is 5.56 Å². The first-order valence-electron chi connectivity index (χ1n) is 8.68. The quantitative estimate of drug-likeness (QED) is 0.861. The summed E-state index contributed by atoms with van der Waals surface area (Å²) in [6, 6.07) is 14.1. The molecule has 0 radical (unpaired) electrons. The minimum Gasteiger partial charge on any atom is -0.508 e. The molecule has 0 atom stereocenters. The third-order valence-corrected chi connectivity index (χ3v) is 5.04. The van der Waals surface area contributed by atoms with E-state index < -0.39 is 5.60 Å². The number of anilines is 1. The average Bonchev–Trinajstić information content (AvgIpc) is 2.60. The van der Waals surface area contributed by atoms with E-state index in [1.165, 1.54) is 6.92 Å². The fraction of sp³-hybridized carbons (Fsp3) is 0.350. The normalized spacial score (nSPS) is 17.0. The molecule has 0 saturated carbocycles. The minimum atomic E-state index is -0.790. The molecule has 1 saturated heterocycles. The summed E-state index contributed by atoms with van der Waals surface area (Å²) in [6.07, 6.45) is 1.70. The second-order valence-electron chi connectivity index (χ2n) is 6.83.